The van der Waals surface area contributed by atoms with Crippen LogP contribution in [0.5, 0.6) is 5.75 Å². The third-order valence-corrected chi connectivity index (χ3v) is 10.6. The molecule has 4 saturated carbocycles. The van der Waals surface area contributed by atoms with Gasteiger partial charge in [-0.2, -0.15) is 0 Å². The van der Waals surface area contributed by atoms with Crippen molar-refractivity contribution in [3.05, 3.63) is 29.3 Å². The van der Waals surface area contributed by atoms with Crippen molar-refractivity contribution in [3.63, 3.8) is 0 Å². The molecule has 4 aliphatic carbocycles. The fourth-order valence-corrected chi connectivity index (χ4v) is 8.28. The molecule has 1 N–H and O–H groups in total. The van der Waals surface area contributed by atoms with Crippen molar-refractivity contribution in [3.8, 4) is 5.75 Å². The first-order chi connectivity index (χ1) is 17.4. The molecular formula is C31H45ClO5. The number of rotatable bonds is 4. The molecule has 1 aromatic rings. The number of hydrogen-bond acceptors (Lipinski definition) is 5. The first-order valence-electron chi connectivity index (χ1n) is 14.2. The molecule has 7 atom stereocenters. The van der Waals surface area contributed by atoms with E-state index in [0.717, 1.165) is 49.9 Å². The topological polar surface area (TPSA) is 72.8 Å². The Morgan fingerprint density at radius 2 is 1.76 bits per heavy atom. The van der Waals surface area contributed by atoms with E-state index in [0.29, 0.717) is 34.5 Å². The molecule has 0 aromatic heterocycles. The highest BCUT2D eigenvalue weighted by molar-refractivity contribution is 6.30. The molecule has 206 valence electrons. The Morgan fingerprint density at radius 3 is 2.43 bits per heavy atom. The van der Waals surface area contributed by atoms with Crippen molar-refractivity contribution >= 4 is 23.4 Å². The van der Waals surface area contributed by atoms with E-state index in [4.69, 9.17) is 21.1 Å². The third-order valence-electron chi connectivity index (χ3n) is 10.3. The lowest BCUT2D eigenvalue weighted by molar-refractivity contribution is -0.158. The quantitative estimate of drug-likeness (QED) is 0.422. The van der Waals surface area contributed by atoms with Gasteiger partial charge in [-0.1, -0.05) is 25.4 Å². The number of fused-ring (bicyclic) bond motifs is 5. The molecule has 0 saturated heterocycles. The summed E-state index contributed by atoms with van der Waals surface area (Å²) in [6, 6.07) is 6.84. The molecule has 6 heteroatoms. The maximum Gasteiger partial charge on any atom is 0.349 e. The van der Waals surface area contributed by atoms with E-state index in [1.165, 1.54) is 25.7 Å². The first kappa shape index (κ1) is 28.4. The highest BCUT2D eigenvalue weighted by atomic mass is 35.5. The third kappa shape index (κ3) is 5.59. The molecule has 37 heavy (non-hydrogen) atoms. The SMILES string of the molecule is CCOC(=O)C(C)(C)Oc1ccc(Cl)cc1.C[C@]12CC[C@@H](O)C[C@@H]1CC[C@@H]1[C@@H]2CC[C@]2(C)C(=O)CC[C@@H]12. The van der Waals surface area contributed by atoms with Gasteiger partial charge in [0, 0.05) is 16.9 Å². The minimum Gasteiger partial charge on any atom is -0.476 e. The minimum absolute atomic E-state index is 0.0124. The van der Waals surface area contributed by atoms with Crippen molar-refractivity contribution in [2.24, 2.45) is 34.5 Å². The first-order valence-corrected chi connectivity index (χ1v) is 14.6. The second-order valence-corrected chi connectivity index (χ2v) is 13.2. The molecule has 0 bridgehead atoms. The Morgan fingerprint density at radius 1 is 1.05 bits per heavy atom. The summed E-state index contributed by atoms with van der Waals surface area (Å²) < 4.78 is 10.5. The summed E-state index contributed by atoms with van der Waals surface area (Å²) >= 11 is 5.75. The van der Waals surface area contributed by atoms with Crippen LogP contribution in [0.3, 0.4) is 0 Å². The molecule has 0 unspecified atom stereocenters. The summed E-state index contributed by atoms with van der Waals surface area (Å²) in [5.74, 6) is 3.74. The molecule has 0 radical (unpaired) electrons. The molecule has 0 heterocycles. The van der Waals surface area contributed by atoms with Gasteiger partial charge < -0.3 is 14.6 Å². The van der Waals surface area contributed by atoms with Gasteiger partial charge in [-0.3, -0.25) is 4.79 Å². The van der Waals surface area contributed by atoms with E-state index in [1.54, 1.807) is 45.0 Å². The Bertz CT molecular complexity index is 974. The number of hydrogen-bond donors (Lipinski definition) is 1. The van der Waals surface area contributed by atoms with Crippen molar-refractivity contribution in [2.75, 3.05) is 6.61 Å². The summed E-state index contributed by atoms with van der Waals surface area (Å²) in [6.07, 6.45) is 10.1. The maximum absolute atomic E-state index is 12.4. The second kappa shape index (κ2) is 10.9. The molecule has 4 aliphatic rings. The predicted octanol–water partition coefficient (Wildman–Crippen LogP) is 7.02. The van der Waals surface area contributed by atoms with Gasteiger partial charge in [0.05, 0.1) is 12.7 Å². The van der Waals surface area contributed by atoms with Crippen LogP contribution in [-0.4, -0.2) is 35.2 Å². The van der Waals surface area contributed by atoms with Crippen LogP contribution in [0.2, 0.25) is 5.02 Å². The lowest BCUT2D eigenvalue weighted by Crippen LogP contribution is -2.54. The van der Waals surface area contributed by atoms with E-state index in [-0.39, 0.29) is 17.5 Å². The molecule has 0 spiro atoms. The smallest absolute Gasteiger partial charge is 0.349 e. The Labute approximate surface area is 227 Å². The summed E-state index contributed by atoms with van der Waals surface area (Å²) in [6.45, 7) is 10.2. The lowest BCUT2D eigenvalue weighted by Gasteiger charge is -2.60. The monoisotopic (exact) mass is 532 g/mol. The maximum atomic E-state index is 12.4. The van der Waals surface area contributed by atoms with Crippen LogP contribution in [0.1, 0.15) is 92.4 Å². The highest BCUT2D eigenvalue weighted by Gasteiger charge is 2.60. The molecule has 4 fully saturated rings. The number of halogens is 1. The average molecular weight is 533 g/mol. The van der Waals surface area contributed by atoms with E-state index in [9.17, 15) is 14.7 Å². The van der Waals surface area contributed by atoms with Gasteiger partial charge in [0.2, 0.25) is 0 Å². The van der Waals surface area contributed by atoms with E-state index in [2.05, 4.69) is 13.8 Å². The van der Waals surface area contributed by atoms with Crippen LogP contribution in [0.15, 0.2) is 24.3 Å². The van der Waals surface area contributed by atoms with Gasteiger partial charge in [-0.25, -0.2) is 4.79 Å². The molecule has 1 aromatic carbocycles. The lowest BCUT2D eigenvalue weighted by atomic mass is 9.45. The number of benzene rings is 1. The zero-order valence-corrected chi connectivity index (χ0v) is 24.0. The largest absolute Gasteiger partial charge is 0.476 e. The number of carbonyl (C=O) groups is 2. The summed E-state index contributed by atoms with van der Waals surface area (Å²) in [4.78, 5) is 23.9. The summed E-state index contributed by atoms with van der Waals surface area (Å²) in [5, 5.41) is 10.7. The highest BCUT2D eigenvalue weighted by Crippen LogP contribution is 2.65. The fraction of sp³-hybridized carbons (Fsp3) is 0.742. The van der Waals surface area contributed by atoms with Gasteiger partial charge in [0.1, 0.15) is 11.5 Å². The van der Waals surface area contributed by atoms with E-state index >= 15 is 0 Å². The molecule has 5 rings (SSSR count). The molecule has 5 nitrogen and oxygen atoms in total. The van der Waals surface area contributed by atoms with Gasteiger partial charge in [0.15, 0.2) is 5.60 Å². The number of carbonyl (C=O) groups excluding carboxylic acids is 2. The minimum atomic E-state index is -0.996. The fourth-order valence-electron chi connectivity index (χ4n) is 8.15. The van der Waals surface area contributed by atoms with Crippen LogP contribution in [0.4, 0.5) is 0 Å². The number of Topliss-reactive ketones (excluding diaryl/α,β-unsaturated/α-hetero) is 1. The number of esters is 1. The van der Waals surface area contributed by atoms with Gasteiger partial charge in [-0.05, 0) is 125 Å². The van der Waals surface area contributed by atoms with Gasteiger partial charge >= 0.3 is 5.97 Å². The zero-order valence-electron chi connectivity index (χ0n) is 23.2. The Balaban J connectivity index is 0.000000181. The zero-order chi connectivity index (χ0) is 27.0. The average Bonchev–Trinajstić information content (AvgIpc) is 3.16. The van der Waals surface area contributed by atoms with Gasteiger partial charge in [-0.15, -0.1) is 0 Å². The van der Waals surface area contributed by atoms with Crippen LogP contribution in [-0.2, 0) is 14.3 Å². The normalized spacial score (nSPS) is 36.8. The number of aliphatic hydroxyl groups is 1. The van der Waals surface area contributed by atoms with Crippen molar-refractivity contribution in [1.82, 2.24) is 0 Å². The second-order valence-electron chi connectivity index (χ2n) is 12.8. The predicted molar refractivity (Wildman–Crippen MR) is 146 cm³/mol. The molecule has 0 amide bonds. The molecular weight excluding hydrogens is 488 g/mol. The van der Waals surface area contributed by atoms with Crippen LogP contribution in [0.25, 0.3) is 0 Å². The molecule has 0 aliphatic heterocycles. The van der Waals surface area contributed by atoms with Crippen molar-refractivity contribution in [1.29, 1.82) is 0 Å². The van der Waals surface area contributed by atoms with Crippen LogP contribution in [0, 0.1) is 34.5 Å². The van der Waals surface area contributed by atoms with Crippen LogP contribution < -0.4 is 4.74 Å². The Kier molecular flexibility index (Phi) is 8.36. The Hall–Kier alpha value is -1.59. The van der Waals surface area contributed by atoms with Gasteiger partial charge in [0.25, 0.3) is 0 Å². The number of ether oxygens (including phenoxy) is 2. The van der Waals surface area contributed by atoms with Crippen molar-refractivity contribution in [2.45, 2.75) is 104 Å². The van der Waals surface area contributed by atoms with E-state index < -0.39 is 5.60 Å². The van der Waals surface area contributed by atoms with Crippen LogP contribution >= 0.6 is 11.6 Å². The standard InChI is InChI=1S/C19H30O2.C12H15ClO3/c1-18-9-7-13(20)11-12(18)3-4-14-15-5-6-17(21)19(15,2)10-8-16(14)18;1-4-15-11(14)12(2,3)16-10-7-5-9(13)6-8-10/h12-16,20H,3-11H2,1-2H3;5-8H,4H2,1-3H3/t12-,13+,14-,15-,16-,18-,19-;/m0./s1. The number of aliphatic hydroxyl groups excluding tert-OH is 1. The summed E-state index contributed by atoms with van der Waals surface area (Å²) in [5.41, 5.74) is -0.544. The van der Waals surface area contributed by atoms with E-state index in [1.807, 2.05) is 0 Å². The number of ketones is 1. The van der Waals surface area contributed by atoms with Crippen molar-refractivity contribution < 1.29 is 24.2 Å². The summed E-state index contributed by atoms with van der Waals surface area (Å²) in [7, 11) is 0.